The summed E-state index contributed by atoms with van der Waals surface area (Å²) in [6.07, 6.45) is 1.98. The van der Waals surface area contributed by atoms with Crippen LogP contribution in [0.15, 0.2) is 0 Å². The van der Waals surface area contributed by atoms with Crippen LogP contribution in [0.3, 0.4) is 0 Å². The molecule has 7 heteroatoms. The van der Waals surface area contributed by atoms with Gasteiger partial charge in [-0.05, 0) is 40.2 Å². The molecule has 21 heavy (non-hydrogen) atoms. The summed E-state index contributed by atoms with van der Waals surface area (Å²) < 4.78 is 17.4. The average Bonchev–Trinajstić information content (AvgIpc) is 3.16. The molecule has 0 amide bonds. The maximum absolute atomic E-state index is 10.5. The zero-order chi connectivity index (χ0) is 15.7. The van der Waals surface area contributed by atoms with Crippen molar-refractivity contribution in [2.45, 2.75) is 52.1 Å². The molecule has 2 unspecified atom stereocenters. The first-order valence-electron chi connectivity index (χ1n) is 7.94. The van der Waals surface area contributed by atoms with E-state index >= 15 is 0 Å². The summed E-state index contributed by atoms with van der Waals surface area (Å²) in [4.78, 5) is 12.8. The minimum Gasteiger partial charge on any atom is -0.481 e. The van der Waals surface area contributed by atoms with Gasteiger partial charge in [0.2, 0.25) is 0 Å². The van der Waals surface area contributed by atoms with Gasteiger partial charge in [-0.3, -0.25) is 9.69 Å². The molecule has 2 atom stereocenters. The summed E-state index contributed by atoms with van der Waals surface area (Å²) in [7, 11) is -2.51. The van der Waals surface area contributed by atoms with Gasteiger partial charge in [0.25, 0.3) is 0 Å². The van der Waals surface area contributed by atoms with Gasteiger partial charge < -0.3 is 18.4 Å². The van der Waals surface area contributed by atoms with Crippen molar-refractivity contribution in [3.05, 3.63) is 0 Å². The lowest BCUT2D eigenvalue weighted by Crippen LogP contribution is -2.46. The van der Waals surface area contributed by atoms with Gasteiger partial charge in [-0.1, -0.05) is 0 Å². The molecule has 0 aromatic heterocycles. The van der Waals surface area contributed by atoms with Gasteiger partial charge in [-0.15, -0.1) is 0 Å². The lowest BCUT2D eigenvalue weighted by atomic mass is 10.2. The van der Waals surface area contributed by atoms with Crippen LogP contribution in [0.1, 0.15) is 40.0 Å². The monoisotopic (exact) mass is 319 g/mol. The largest absolute Gasteiger partial charge is 0.500 e. The quantitative estimate of drug-likeness (QED) is 0.413. The minimum absolute atomic E-state index is 0.261. The van der Waals surface area contributed by atoms with E-state index in [4.69, 9.17) is 18.4 Å². The second kappa shape index (κ2) is 9.53. The predicted molar refractivity (Wildman–Crippen MR) is 82.3 cm³/mol. The van der Waals surface area contributed by atoms with Crippen LogP contribution >= 0.6 is 0 Å². The number of carboxylic acids is 1. The molecule has 124 valence electrons. The van der Waals surface area contributed by atoms with Gasteiger partial charge in [0.1, 0.15) is 0 Å². The Hall–Kier alpha value is -0.473. The van der Waals surface area contributed by atoms with Gasteiger partial charge in [0.05, 0.1) is 0 Å². The Bertz CT molecular complexity index is 299. The van der Waals surface area contributed by atoms with E-state index in [1.165, 1.54) is 0 Å². The predicted octanol–water partition coefficient (Wildman–Crippen LogP) is 1.97. The highest BCUT2D eigenvalue weighted by atomic mass is 28.4. The Balaban J connectivity index is 2.28. The Morgan fingerprint density at radius 1 is 1.19 bits per heavy atom. The van der Waals surface area contributed by atoms with Crippen molar-refractivity contribution >= 4 is 14.8 Å². The van der Waals surface area contributed by atoms with Gasteiger partial charge >= 0.3 is 14.8 Å². The number of hydrogen-bond acceptors (Lipinski definition) is 5. The molecule has 1 aliphatic rings. The zero-order valence-corrected chi connectivity index (χ0v) is 14.5. The molecular formula is C14H29NO5Si. The Morgan fingerprint density at radius 2 is 1.76 bits per heavy atom. The maximum atomic E-state index is 10.5. The third kappa shape index (κ3) is 6.88. The second-order valence-corrected chi connectivity index (χ2v) is 7.90. The number of aliphatic carboxylic acids is 1. The number of nitrogens with zero attached hydrogens (tertiary/aromatic N) is 1. The summed E-state index contributed by atoms with van der Waals surface area (Å²) in [5.41, 5.74) is 0. The van der Waals surface area contributed by atoms with Crippen molar-refractivity contribution < 1.29 is 23.2 Å². The van der Waals surface area contributed by atoms with Crippen molar-refractivity contribution in [1.29, 1.82) is 0 Å². The van der Waals surface area contributed by atoms with E-state index in [1.54, 1.807) is 0 Å². The normalized spacial score (nSPS) is 21.5. The topological polar surface area (TPSA) is 68.0 Å². The summed E-state index contributed by atoms with van der Waals surface area (Å²) in [6.45, 7) is 9.70. The molecule has 1 fully saturated rings. The molecule has 1 heterocycles. The zero-order valence-electron chi connectivity index (χ0n) is 13.5. The van der Waals surface area contributed by atoms with Gasteiger partial charge in [0, 0.05) is 44.9 Å². The van der Waals surface area contributed by atoms with Crippen molar-refractivity contribution in [3.63, 3.8) is 0 Å². The standard InChI is InChI=1S/C14H29NO5Si/c1-4-18-21(19-5-2,20-6-3)11-7-10-15-12-13(15)8-9-14(16)17/h13H,4-12H2,1-3H3,(H,16,17). The third-order valence-electron chi connectivity index (χ3n) is 3.54. The minimum atomic E-state index is -2.51. The highest BCUT2D eigenvalue weighted by molar-refractivity contribution is 6.60. The van der Waals surface area contributed by atoms with E-state index < -0.39 is 14.8 Å². The summed E-state index contributed by atoms with van der Waals surface area (Å²) in [6, 6.07) is 1.27. The van der Waals surface area contributed by atoms with Gasteiger partial charge in [-0.2, -0.15) is 0 Å². The van der Waals surface area contributed by atoms with Crippen LogP contribution in [0.5, 0.6) is 0 Å². The van der Waals surface area contributed by atoms with Gasteiger partial charge in [-0.25, -0.2) is 0 Å². The Kier molecular flexibility index (Phi) is 8.43. The molecule has 0 aromatic carbocycles. The van der Waals surface area contributed by atoms with E-state index in [9.17, 15) is 4.79 Å². The van der Waals surface area contributed by atoms with E-state index in [0.717, 1.165) is 32.0 Å². The van der Waals surface area contributed by atoms with E-state index in [-0.39, 0.29) is 6.42 Å². The van der Waals surface area contributed by atoms with Crippen molar-refractivity contribution in [2.24, 2.45) is 0 Å². The highest BCUT2D eigenvalue weighted by Gasteiger charge is 2.41. The third-order valence-corrected chi connectivity index (χ3v) is 6.69. The number of hydrogen-bond donors (Lipinski definition) is 1. The Labute approximate surface area is 128 Å². The molecular weight excluding hydrogens is 290 g/mol. The van der Waals surface area contributed by atoms with E-state index in [1.807, 2.05) is 20.8 Å². The molecule has 0 spiro atoms. The number of rotatable bonds is 13. The SMILES string of the molecule is CCO[Si](CCCN1CC1CCC(=O)O)(OCC)OCC. The fraction of sp³-hybridized carbons (Fsp3) is 0.929. The van der Waals surface area contributed by atoms with Gasteiger partial charge in [0.15, 0.2) is 0 Å². The molecule has 0 radical (unpaired) electrons. The molecule has 1 saturated heterocycles. The van der Waals surface area contributed by atoms with E-state index in [0.29, 0.717) is 25.9 Å². The fourth-order valence-electron chi connectivity index (χ4n) is 2.56. The lowest BCUT2D eigenvalue weighted by Gasteiger charge is -2.28. The van der Waals surface area contributed by atoms with Crippen LogP contribution in [0, 0.1) is 0 Å². The smallest absolute Gasteiger partial charge is 0.481 e. The van der Waals surface area contributed by atoms with Crippen LogP contribution < -0.4 is 0 Å². The molecule has 0 bridgehead atoms. The van der Waals surface area contributed by atoms with Crippen LogP contribution in [-0.2, 0) is 18.1 Å². The van der Waals surface area contributed by atoms with Crippen LogP contribution in [0.25, 0.3) is 0 Å². The van der Waals surface area contributed by atoms with Crippen molar-refractivity contribution in [2.75, 3.05) is 32.9 Å². The first-order valence-corrected chi connectivity index (χ1v) is 9.87. The molecule has 1 aliphatic heterocycles. The summed E-state index contributed by atoms with van der Waals surface area (Å²) in [5, 5.41) is 8.67. The molecule has 0 aromatic rings. The molecule has 0 saturated carbocycles. The Morgan fingerprint density at radius 3 is 2.24 bits per heavy atom. The second-order valence-electron chi connectivity index (χ2n) is 5.17. The van der Waals surface area contributed by atoms with Crippen LogP contribution in [0.2, 0.25) is 6.04 Å². The van der Waals surface area contributed by atoms with Crippen molar-refractivity contribution in [3.8, 4) is 0 Å². The number of carboxylic acid groups (broad SMARTS) is 1. The molecule has 1 N–H and O–H groups in total. The van der Waals surface area contributed by atoms with Crippen molar-refractivity contribution in [1.82, 2.24) is 4.90 Å². The summed E-state index contributed by atoms with van der Waals surface area (Å²) >= 11 is 0. The number of carbonyl (C=O) groups is 1. The van der Waals surface area contributed by atoms with E-state index in [2.05, 4.69) is 4.90 Å². The molecule has 1 rings (SSSR count). The maximum Gasteiger partial charge on any atom is 0.500 e. The lowest BCUT2D eigenvalue weighted by molar-refractivity contribution is -0.137. The first kappa shape index (κ1) is 18.6. The average molecular weight is 319 g/mol. The molecule has 0 aliphatic carbocycles. The summed E-state index contributed by atoms with van der Waals surface area (Å²) in [5.74, 6) is -0.711. The fourth-order valence-corrected chi connectivity index (χ4v) is 5.15. The van der Waals surface area contributed by atoms with Crippen LogP contribution in [-0.4, -0.2) is 63.7 Å². The molecule has 6 nitrogen and oxygen atoms in total. The van der Waals surface area contributed by atoms with Crippen LogP contribution in [0.4, 0.5) is 0 Å². The first-order chi connectivity index (χ1) is 10.1. The highest BCUT2D eigenvalue weighted by Crippen LogP contribution is 2.25.